The van der Waals surface area contributed by atoms with Crippen LogP contribution in [0.4, 0.5) is 5.69 Å². The number of unbranched alkanes of at least 4 members (excludes halogenated alkanes) is 1. The molecule has 7 heteroatoms. The van der Waals surface area contributed by atoms with Gasteiger partial charge < -0.3 is 4.74 Å². The lowest BCUT2D eigenvalue weighted by Gasteiger charge is -2.16. The molecule has 2 aromatic carbocycles. The number of carbonyl (C=O) groups is 2. The molecule has 0 heterocycles. The van der Waals surface area contributed by atoms with Crippen LogP contribution in [-0.2, 0) is 26.0 Å². The molecule has 0 saturated carbocycles. The van der Waals surface area contributed by atoms with E-state index in [1.54, 1.807) is 45.9 Å². The molecule has 0 bridgehead atoms. The van der Waals surface area contributed by atoms with Crippen molar-refractivity contribution in [3.8, 4) is 0 Å². The van der Waals surface area contributed by atoms with Crippen LogP contribution in [-0.4, -0.2) is 26.8 Å². The largest absolute Gasteiger partial charge is 0.454 e. The molecule has 0 atom stereocenters. The maximum absolute atomic E-state index is 12.8. The second kappa shape index (κ2) is 10.1. The molecular weight excluding hydrogens is 414 g/mol. The topological polar surface area (TPSA) is 89.5 Å². The van der Waals surface area contributed by atoms with Crippen LogP contribution >= 0.6 is 0 Å². The van der Waals surface area contributed by atoms with Crippen LogP contribution in [0.2, 0.25) is 0 Å². The molecule has 2 rings (SSSR count). The summed E-state index contributed by atoms with van der Waals surface area (Å²) in [5, 5.41) is 0. The molecular formula is C24H31NO5S. The van der Waals surface area contributed by atoms with Gasteiger partial charge >= 0.3 is 5.97 Å². The molecule has 168 valence electrons. The summed E-state index contributed by atoms with van der Waals surface area (Å²) in [4.78, 5) is 24.4. The van der Waals surface area contributed by atoms with E-state index in [1.807, 2.05) is 12.1 Å². The molecule has 0 spiro atoms. The van der Waals surface area contributed by atoms with Gasteiger partial charge in [0, 0.05) is 11.1 Å². The zero-order valence-corrected chi connectivity index (χ0v) is 19.6. The number of hydrogen-bond donors (Lipinski definition) is 1. The molecule has 0 saturated heterocycles. The van der Waals surface area contributed by atoms with Gasteiger partial charge in [0.2, 0.25) is 0 Å². The predicted octanol–water partition coefficient (Wildman–Crippen LogP) is 4.91. The number of esters is 1. The van der Waals surface area contributed by atoms with E-state index in [9.17, 15) is 18.0 Å². The van der Waals surface area contributed by atoms with Crippen LogP contribution in [0.1, 0.15) is 62.0 Å². The Kier molecular flexibility index (Phi) is 8.01. The number of rotatable bonds is 9. The summed E-state index contributed by atoms with van der Waals surface area (Å²) in [6.07, 6.45) is 3.12. The third-order valence-corrected chi connectivity index (χ3v) is 6.31. The average molecular weight is 446 g/mol. The summed E-state index contributed by atoms with van der Waals surface area (Å²) in [6.45, 7) is 8.66. The maximum atomic E-state index is 12.8. The van der Waals surface area contributed by atoms with Crippen LogP contribution in [0.25, 0.3) is 0 Å². The zero-order chi connectivity index (χ0) is 23.2. The quantitative estimate of drug-likeness (QED) is 0.554. The van der Waals surface area contributed by atoms with Gasteiger partial charge in [-0.2, -0.15) is 0 Å². The van der Waals surface area contributed by atoms with E-state index in [-0.39, 0.29) is 22.8 Å². The Balaban J connectivity index is 2.17. The molecule has 0 aliphatic heterocycles. The number of nitrogens with one attached hydrogen (secondary N) is 1. The fraction of sp³-hybridized carbons (Fsp3) is 0.417. The first-order chi connectivity index (χ1) is 14.4. The summed E-state index contributed by atoms with van der Waals surface area (Å²) in [5.74, 6) is -0.946. The number of aryl methyl sites for hydroxylation is 2. The van der Waals surface area contributed by atoms with Crippen molar-refractivity contribution in [3.05, 3.63) is 59.2 Å². The molecule has 0 unspecified atom stereocenters. The minimum absolute atomic E-state index is 0.0535. The van der Waals surface area contributed by atoms with Crippen LogP contribution in [0.15, 0.2) is 47.4 Å². The molecule has 0 amide bonds. The van der Waals surface area contributed by atoms with Crippen molar-refractivity contribution in [2.24, 2.45) is 5.41 Å². The highest BCUT2D eigenvalue weighted by atomic mass is 32.2. The number of hydrogen-bond acceptors (Lipinski definition) is 5. The highest BCUT2D eigenvalue weighted by Crippen LogP contribution is 2.21. The minimum atomic E-state index is -3.90. The number of ether oxygens (including phenoxy) is 1. The Morgan fingerprint density at radius 2 is 1.68 bits per heavy atom. The van der Waals surface area contributed by atoms with E-state index >= 15 is 0 Å². The monoisotopic (exact) mass is 445 g/mol. The third kappa shape index (κ3) is 6.92. The van der Waals surface area contributed by atoms with Crippen LogP contribution in [0.5, 0.6) is 0 Å². The highest BCUT2D eigenvalue weighted by Gasteiger charge is 2.24. The molecule has 31 heavy (non-hydrogen) atoms. The van der Waals surface area contributed by atoms with Gasteiger partial charge in [-0.15, -0.1) is 0 Å². The number of carbonyl (C=O) groups excluding carboxylic acids is 2. The summed E-state index contributed by atoms with van der Waals surface area (Å²) < 4.78 is 33.3. The lowest BCUT2D eigenvalue weighted by molar-refractivity contribution is -0.129. The van der Waals surface area contributed by atoms with Crippen molar-refractivity contribution in [3.63, 3.8) is 0 Å². The van der Waals surface area contributed by atoms with Gasteiger partial charge in [0.1, 0.15) is 0 Å². The first-order valence-electron chi connectivity index (χ1n) is 10.4. The average Bonchev–Trinajstić information content (AvgIpc) is 2.70. The van der Waals surface area contributed by atoms with E-state index in [4.69, 9.17) is 4.74 Å². The fourth-order valence-electron chi connectivity index (χ4n) is 2.75. The molecule has 6 nitrogen and oxygen atoms in total. The van der Waals surface area contributed by atoms with Crippen molar-refractivity contribution in [2.45, 2.75) is 58.8 Å². The van der Waals surface area contributed by atoms with E-state index in [0.29, 0.717) is 11.3 Å². The normalized spacial score (nSPS) is 11.8. The Morgan fingerprint density at radius 3 is 2.26 bits per heavy atom. The van der Waals surface area contributed by atoms with Gasteiger partial charge in [-0.3, -0.25) is 9.52 Å². The van der Waals surface area contributed by atoms with Gasteiger partial charge in [-0.1, -0.05) is 52.3 Å². The first kappa shape index (κ1) is 24.6. The SMILES string of the molecule is CCCCc1ccc(NS(=O)(=O)c2ccc(C)c(C(=O)OCC(=O)C(C)(C)C)c2)cc1. The van der Waals surface area contributed by atoms with Gasteiger partial charge in [0.05, 0.1) is 10.5 Å². The third-order valence-electron chi connectivity index (χ3n) is 4.94. The molecule has 0 radical (unpaired) electrons. The molecule has 1 N–H and O–H groups in total. The van der Waals surface area contributed by atoms with E-state index in [1.165, 1.54) is 12.1 Å². The lowest BCUT2D eigenvalue weighted by atomic mass is 9.91. The summed E-state index contributed by atoms with van der Waals surface area (Å²) in [6, 6.07) is 11.5. The van der Waals surface area contributed by atoms with Crippen LogP contribution in [0.3, 0.4) is 0 Å². The minimum Gasteiger partial charge on any atom is -0.454 e. The van der Waals surface area contributed by atoms with E-state index in [2.05, 4.69) is 11.6 Å². The number of Topliss-reactive ketones (excluding diaryl/α,β-unsaturated/α-hetero) is 1. The summed E-state index contributed by atoms with van der Waals surface area (Å²) in [7, 11) is -3.90. The van der Waals surface area contributed by atoms with E-state index in [0.717, 1.165) is 24.8 Å². The van der Waals surface area contributed by atoms with Crippen molar-refractivity contribution in [1.82, 2.24) is 0 Å². The van der Waals surface area contributed by atoms with Crippen molar-refractivity contribution in [2.75, 3.05) is 11.3 Å². The van der Waals surface area contributed by atoms with E-state index < -0.39 is 21.4 Å². The smallest absolute Gasteiger partial charge is 0.338 e. The maximum Gasteiger partial charge on any atom is 0.338 e. The number of ketones is 1. The van der Waals surface area contributed by atoms with Crippen molar-refractivity contribution < 1.29 is 22.7 Å². The number of sulfonamides is 1. The second-order valence-electron chi connectivity index (χ2n) is 8.63. The van der Waals surface area contributed by atoms with Gasteiger partial charge in [0.25, 0.3) is 10.0 Å². The molecule has 0 aliphatic carbocycles. The molecule has 0 fully saturated rings. The molecule has 0 aliphatic rings. The highest BCUT2D eigenvalue weighted by molar-refractivity contribution is 7.92. The zero-order valence-electron chi connectivity index (χ0n) is 18.8. The van der Waals surface area contributed by atoms with Gasteiger partial charge in [0.15, 0.2) is 12.4 Å². The Morgan fingerprint density at radius 1 is 1.03 bits per heavy atom. The van der Waals surface area contributed by atoms with Crippen molar-refractivity contribution >= 4 is 27.5 Å². The molecule has 2 aromatic rings. The number of benzene rings is 2. The van der Waals surface area contributed by atoms with Crippen molar-refractivity contribution in [1.29, 1.82) is 0 Å². The van der Waals surface area contributed by atoms with Gasteiger partial charge in [-0.05, 0) is 55.2 Å². The Hall–Kier alpha value is -2.67. The summed E-state index contributed by atoms with van der Waals surface area (Å²) >= 11 is 0. The summed E-state index contributed by atoms with van der Waals surface area (Å²) in [5.41, 5.74) is 1.64. The number of anilines is 1. The fourth-order valence-corrected chi connectivity index (χ4v) is 3.83. The van der Waals surface area contributed by atoms with Gasteiger partial charge in [-0.25, -0.2) is 13.2 Å². The Labute approximate surface area is 185 Å². The lowest BCUT2D eigenvalue weighted by Crippen LogP contribution is -2.26. The first-order valence-corrected chi connectivity index (χ1v) is 11.8. The van der Waals surface area contributed by atoms with Crippen LogP contribution < -0.4 is 4.72 Å². The van der Waals surface area contributed by atoms with Crippen LogP contribution in [0, 0.1) is 12.3 Å². The molecule has 0 aromatic heterocycles. The standard InChI is InChI=1S/C24H31NO5S/c1-6-7-8-18-10-12-19(13-11-18)25-31(28,29)20-14-9-17(2)21(15-20)23(27)30-16-22(26)24(3,4)5/h9-15,25H,6-8,16H2,1-5H3. The Bertz CT molecular complexity index is 1030. The second-order valence-corrected chi connectivity index (χ2v) is 10.3. The predicted molar refractivity (Wildman–Crippen MR) is 122 cm³/mol.